The van der Waals surface area contributed by atoms with Gasteiger partial charge in [-0.25, -0.2) is 0 Å². The van der Waals surface area contributed by atoms with E-state index in [1.165, 1.54) is 18.2 Å². The second-order valence-corrected chi connectivity index (χ2v) is 5.59. The molecule has 13 heavy (non-hydrogen) atoms. The van der Waals surface area contributed by atoms with Crippen LogP contribution in [0.15, 0.2) is 18.2 Å². The van der Waals surface area contributed by atoms with Crippen molar-refractivity contribution < 1.29 is 14.3 Å². The molecule has 0 saturated heterocycles. The highest BCUT2D eigenvalue weighted by atomic mass is 35.5. The summed E-state index contributed by atoms with van der Waals surface area (Å²) in [6.45, 7) is -3.72. The third-order valence-corrected chi connectivity index (χ3v) is 2.30. The molecule has 1 aromatic carbocycles. The molecule has 7 heteroatoms. The summed E-state index contributed by atoms with van der Waals surface area (Å²) in [5.41, 5.74) is 0. The van der Waals surface area contributed by atoms with Gasteiger partial charge >= 0.3 is 6.72 Å². The van der Waals surface area contributed by atoms with E-state index in [-0.39, 0.29) is 10.8 Å². The van der Waals surface area contributed by atoms with E-state index in [2.05, 4.69) is 16.3 Å². The number of benzene rings is 1. The molecule has 2 N–H and O–H groups in total. The van der Waals surface area contributed by atoms with Crippen LogP contribution in [-0.2, 0) is 11.8 Å². The van der Waals surface area contributed by atoms with Crippen molar-refractivity contribution in [3.05, 3.63) is 28.2 Å². The molecular weight excluding hydrogens is 254 g/mol. The maximum atomic E-state index is 8.83. The third kappa shape index (κ3) is 3.81. The lowest BCUT2D eigenvalue weighted by Gasteiger charge is -2.10. The topological polar surface area (TPSA) is 49.7 Å². The minimum absolute atomic E-state index is 0.111. The first-order valence-corrected chi connectivity index (χ1v) is 6.47. The summed E-state index contributed by atoms with van der Waals surface area (Å²) in [5, 5.41) is 0.617. The van der Waals surface area contributed by atoms with Crippen molar-refractivity contribution in [1.29, 1.82) is 0 Å². The van der Waals surface area contributed by atoms with Crippen molar-refractivity contribution >= 4 is 41.7 Å². The smallest absolute Gasteiger partial charge is 0.375 e. The summed E-state index contributed by atoms with van der Waals surface area (Å²) in [6, 6.07) is 4.34. The monoisotopic (exact) mass is 258 g/mol. The van der Waals surface area contributed by atoms with Crippen LogP contribution in [0.5, 0.6) is 5.75 Å². The Labute approximate surface area is 90.1 Å². The fourth-order valence-electron chi connectivity index (χ4n) is 0.677. The molecule has 0 unspecified atom stereocenters. The molecule has 0 amide bonds. The van der Waals surface area contributed by atoms with E-state index in [0.29, 0.717) is 5.02 Å². The first-order valence-electron chi connectivity index (χ1n) is 3.09. The molecule has 1 rings (SSSR count). The van der Waals surface area contributed by atoms with Gasteiger partial charge in [0, 0.05) is 16.8 Å². The molecule has 0 aliphatic rings. The molecule has 0 aliphatic carbocycles. The van der Waals surface area contributed by atoms with E-state index in [4.69, 9.17) is 33.0 Å². The fraction of sp³-hybridized carbons (Fsp3) is 0. The number of hydrogen-bond acceptors (Lipinski definition) is 2. The van der Waals surface area contributed by atoms with E-state index in [1.54, 1.807) is 0 Å². The van der Waals surface area contributed by atoms with Gasteiger partial charge in [-0.15, -0.1) is 0 Å². The highest BCUT2D eigenvalue weighted by Gasteiger charge is 2.12. The third-order valence-electron chi connectivity index (χ3n) is 1.11. The molecule has 3 nitrogen and oxygen atoms in total. The lowest BCUT2D eigenvalue weighted by molar-refractivity contribution is 0.370. The lowest BCUT2D eigenvalue weighted by atomic mass is 10.3. The Morgan fingerprint density at radius 1 is 1.31 bits per heavy atom. The van der Waals surface area contributed by atoms with Crippen molar-refractivity contribution in [1.82, 2.24) is 0 Å². The fourth-order valence-corrected chi connectivity index (χ4v) is 1.83. The number of halogens is 2. The molecule has 0 aliphatic heterocycles. The quantitative estimate of drug-likeness (QED) is 0.801. The molecule has 0 spiro atoms. The molecule has 72 valence electrons. The van der Waals surface area contributed by atoms with Gasteiger partial charge in [0.05, 0.1) is 5.02 Å². The van der Waals surface area contributed by atoms with Gasteiger partial charge in [0.15, 0.2) is 0 Å². The minimum Gasteiger partial charge on any atom is -0.423 e. The van der Waals surface area contributed by atoms with Crippen molar-refractivity contribution in [3.8, 4) is 5.75 Å². The van der Waals surface area contributed by atoms with Gasteiger partial charge in [-0.1, -0.05) is 23.2 Å². The zero-order chi connectivity index (χ0) is 10.1. The van der Waals surface area contributed by atoms with E-state index in [0.717, 1.165) is 0 Å². The first-order chi connectivity index (χ1) is 5.88. The van der Waals surface area contributed by atoms with Crippen LogP contribution < -0.4 is 4.52 Å². The average Bonchev–Trinajstić information content (AvgIpc) is 1.93. The molecular formula is C6H5Cl2O3PS. The van der Waals surface area contributed by atoms with Crippen LogP contribution >= 0.6 is 29.9 Å². The molecule has 0 heterocycles. The Morgan fingerprint density at radius 2 is 1.92 bits per heavy atom. The standard InChI is InChI=1S/C6H5Cl2O3PS/c7-4-1-2-6(5(8)3-4)11-12(9,10)13/h1-3H,(H2,9,10,13). The van der Waals surface area contributed by atoms with Gasteiger partial charge < -0.3 is 14.3 Å². The predicted molar refractivity (Wildman–Crippen MR) is 55.8 cm³/mol. The summed E-state index contributed by atoms with van der Waals surface area (Å²) >= 11 is 15.5. The second kappa shape index (κ2) is 4.13. The van der Waals surface area contributed by atoms with Crippen LogP contribution in [0.3, 0.4) is 0 Å². The molecule has 0 saturated carbocycles. The molecule has 0 aromatic heterocycles. The summed E-state index contributed by atoms with van der Waals surface area (Å²) in [6.07, 6.45) is 0. The Balaban J connectivity index is 2.97. The van der Waals surface area contributed by atoms with Crippen molar-refractivity contribution in [2.75, 3.05) is 0 Å². The Morgan fingerprint density at radius 3 is 2.38 bits per heavy atom. The zero-order valence-electron chi connectivity index (χ0n) is 6.15. The summed E-state index contributed by atoms with van der Waals surface area (Å²) in [4.78, 5) is 17.7. The molecule has 0 atom stereocenters. The van der Waals surface area contributed by atoms with Gasteiger partial charge in [-0.2, -0.15) is 0 Å². The van der Waals surface area contributed by atoms with E-state index >= 15 is 0 Å². The minimum atomic E-state index is -3.72. The van der Waals surface area contributed by atoms with Gasteiger partial charge in [0.2, 0.25) is 0 Å². The van der Waals surface area contributed by atoms with Gasteiger partial charge in [-0.05, 0) is 18.2 Å². The van der Waals surface area contributed by atoms with Gasteiger partial charge in [0.25, 0.3) is 0 Å². The SMILES string of the molecule is OP(O)(=S)Oc1ccc(Cl)cc1Cl. The lowest BCUT2D eigenvalue weighted by Crippen LogP contribution is -1.90. The van der Waals surface area contributed by atoms with Crippen LogP contribution in [0.1, 0.15) is 0 Å². The maximum Gasteiger partial charge on any atom is 0.375 e. The van der Waals surface area contributed by atoms with Crippen LogP contribution in [0.4, 0.5) is 0 Å². The van der Waals surface area contributed by atoms with E-state index < -0.39 is 6.72 Å². The van der Waals surface area contributed by atoms with E-state index in [9.17, 15) is 0 Å². The number of rotatable bonds is 2. The van der Waals surface area contributed by atoms with Crippen LogP contribution in [0, 0.1) is 0 Å². The summed E-state index contributed by atoms with van der Waals surface area (Å²) < 4.78 is 4.63. The largest absolute Gasteiger partial charge is 0.423 e. The van der Waals surface area contributed by atoms with Crippen molar-refractivity contribution in [2.45, 2.75) is 0 Å². The normalized spacial score (nSPS) is 11.4. The van der Waals surface area contributed by atoms with Crippen LogP contribution in [-0.4, -0.2) is 9.79 Å². The highest BCUT2D eigenvalue weighted by molar-refractivity contribution is 8.06. The van der Waals surface area contributed by atoms with Gasteiger partial charge in [-0.3, -0.25) is 0 Å². The second-order valence-electron chi connectivity index (χ2n) is 2.16. The average molecular weight is 259 g/mol. The van der Waals surface area contributed by atoms with E-state index in [1.807, 2.05) is 0 Å². The summed E-state index contributed by atoms with van der Waals surface area (Å²) in [5.74, 6) is 0.111. The predicted octanol–water partition coefficient (Wildman–Crippen LogP) is 2.58. The van der Waals surface area contributed by atoms with Gasteiger partial charge in [0.1, 0.15) is 5.75 Å². The highest BCUT2D eigenvalue weighted by Crippen LogP contribution is 2.41. The zero-order valence-corrected chi connectivity index (χ0v) is 9.37. The van der Waals surface area contributed by atoms with Crippen molar-refractivity contribution in [2.24, 2.45) is 0 Å². The summed E-state index contributed by atoms with van der Waals surface area (Å²) in [7, 11) is 0. The molecule has 0 bridgehead atoms. The Hall–Kier alpha value is 0.170. The molecule has 1 aromatic rings. The van der Waals surface area contributed by atoms with Crippen LogP contribution in [0.2, 0.25) is 10.0 Å². The van der Waals surface area contributed by atoms with Crippen molar-refractivity contribution in [3.63, 3.8) is 0 Å². The molecule has 0 radical (unpaired) electrons. The first kappa shape index (κ1) is 11.2. The molecule has 0 fully saturated rings. The van der Waals surface area contributed by atoms with Crippen LogP contribution in [0.25, 0.3) is 0 Å². The Bertz CT molecular complexity index is 365. The Kier molecular flexibility index (Phi) is 3.57. The number of hydrogen-bond donors (Lipinski definition) is 2. The maximum absolute atomic E-state index is 8.83.